The van der Waals surface area contributed by atoms with Crippen LogP contribution >= 0.6 is 0 Å². The number of ether oxygens (including phenoxy) is 11. The van der Waals surface area contributed by atoms with Crippen molar-refractivity contribution >= 4 is 56.9 Å². The average Bonchev–Trinajstić information content (AvgIpc) is 1.78. The maximum atomic E-state index is 13.4. The van der Waals surface area contributed by atoms with Gasteiger partial charge >= 0.3 is 11.9 Å². The van der Waals surface area contributed by atoms with Crippen molar-refractivity contribution in [3.05, 3.63) is 76.4 Å². The SMILES string of the molecule is COCOc1cc(C)cc(/C=C/C[C@@H]2OC(C)(C)OC2C(O)C#CC(C)CO[Si](C)(C)C(C)(C)C)c1C(=O)OCC[Si](C)(C)C.COCOc1cc(OC)cc(/C=C/C[C@@H]2OC(C)(C)OC2C(O)/C=C\[C@@H](C)CO[Si](C)(C)C(C)(C)C)c1C(=O)OCC[Si](C)(C)C. The summed E-state index contributed by atoms with van der Waals surface area (Å²) in [6.45, 7) is 50.8. The van der Waals surface area contributed by atoms with Crippen molar-refractivity contribution in [2.75, 3.05) is 61.3 Å². The van der Waals surface area contributed by atoms with Crippen LogP contribution in [0.3, 0.4) is 0 Å². The number of hydrogen-bond acceptors (Lipinski definition) is 17. The van der Waals surface area contributed by atoms with E-state index in [0.29, 0.717) is 78.8 Å². The van der Waals surface area contributed by atoms with Gasteiger partial charge in [0.1, 0.15) is 52.8 Å². The van der Waals surface area contributed by atoms with Gasteiger partial charge < -0.3 is 71.2 Å². The average molecular weight is 1340 g/mol. The summed E-state index contributed by atoms with van der Waals surface area (Å²) in [6, 6.07) is 8.87. The molecular weight excluding hydrogens is 1230 g/mol. The first-order valence-corrected chi connectivity index (χ1v) is 45.4. The first-order valence-electron chi connectivity index (χ1n) is 32.2. The van der Waals surface area contributed by atoms with E-state index in [1.165, 1.54) is 14.2 Å². The molecule has 4 rings (SSSR count). The molecule has 0 bridgehead atoms. The minimum absolute atomic E-state index is 0.00572. The highest BCUT2D eigenvalue weighted by Crippen LogP contribution is 2.40. The fraction of sp³-hybridized carbons (Fsp3) is 0.686. The van der Waals surface area contributed by atoms with Crippen LogP contribution in [0, 0.1) is 30.6 Å². The van der Waals surface area contributed by atoms with Crippen LogP contribution in [-0.4, -0.2) is 164 Å². The van der Waals surface area contributed by atoms with E-state index >= 15 is 0 Å². The lowest BCUT2D eigenvalue weighted by atomic mass is 10.0. The lowest BCUT2D eigenvalue weighted by Gasteiger charge is -2.36. The molecule has 2 fully saturated rings. The minimum Gasteiger partial charge on any atom is -0.497 e. The largest absolute Gasteiger partial charge is 0.497 e. The summed E-state index contributed by atoms with van der Waals surface area (Å²) in [5.74, 6) is 4.83. The molecule has 2 aliphatic heterocycles. The number of aliphatic hydroxyl groups excluding tert-OH is 2. The van der Waals surface area contributed by atoms with E-state index in [9.17, 15) is 19.8 Å². The molecule has 2 aromatic rings. The van der Waals surface area contributed by atoms with Crippen LogP contribution in [0.5, 0.6) is 17.2 Å². The summed E-state index contributed by atoms with van der Waals surface area (Å²) in [5.41, 5.74) is 2.82. The Morgan fingerprint density at radius 3 is 1.51 bits per heavy atom. The van der Waals surface area contributed by atoms with Gasteiger partial charge in [0.25, 0.3) is 0 Å². The molecule has 0 amide bonds. The third-order valence-electron chi connectivity index (χ3n) is 16.4. The number of benzene rings is 2. The molecule has 91 heavy (non-hydrogen) atoms. The summed E-state index contributed by atoms with van der Waals surface area (Å²) in [7, 11) is -1.93. The molecule has 2 heterocycles. The lowest BCUT2D eigenvalue weighted by molar-refractivity contribution is -0.152. The number of aryl methyl sites for hydroxylation is 1. The van der Waals surface area contributed by atoms with Crippen molar-refractivity contribution < 1.29 is 80.8 Å². The predicted octanol–water partition coefficient (Wildman–Crippen LogP) is 15.1. The Balaban J connectivity index is 0.000000475. The Kier molecular flexibility index (Phi) is 31.4. The molecule has 0 radical (unpaired) electrons. The molecule has 2 N–H and O–H groups in total. The van der Waals surface area contributed by atoms with Gasteiger partial charge in [-0.25, -0.2) is 9.59 Å². The molecule has 21 heteroatoms. The van der Waals surface area contributed by atoms with Crippen molar-refractivity contribution in [1.82, 2.24) is 0 Å². The maximum Gasteiger partial charge on any atom is 0.342 e. The highest BCUT2D eigenvalue weighted by atomic mass is 28.4. The van der Waals surface area contributed by atoms with Crippen LogP contribution in [0.2, 0.25) is 87.6 Å². The molecular formula is C70H118O17Si4. The number of methoxy groups -OCH3 is 3. The molecule has 2 aromatic carbocycles. The fourth-order valence-corrected chi connectivity index (χ4v) is 12.6. The van der Waals surface area contributed by atoms with Crippen molar-refractivity contribution in [2.45, 2.75) is 239 Å². The number of aliphatic hydroxyl groups is 2. The van der Waals surface area contributed by atoms with Crippen molar-refractivity contribution in [1.29, 1.82) is 0 Å². The second-order valence-electron chi connectivity index (χ2n) is 30.5. The molecule has 0 aliphatic carbocycles. The summed E-state index contributed by atoms with van der Waals surface area (Å²) in [6.07, 6.45) is 8.14. The summed E-state index contributed by atoms with van der Waals surface area (Å²) in [4.78, 5) is 26.7. The first kappa shape index (κ1) is 81.3. The first-order chi connectivity index (χ1) is 41.8. The van der Waals surface area contributed by atoms with Crippen molar-refractivity contribution in [2.24, 2.45) is 11.8 Å². The van der Waals surface area contributed by atoms with E-state index < -0.39 is 92.9 Å². The molecule has 0 spiro atoms. The smallest absolute Gasteiger partial charge is 0.342 e. The molecule has 17 nitrogen and oxygen atoms in total. The normalized spacial score (nSPS) is 20.2. The summed E-state index contributed by atoms with van der Waals surface area (Å²) >= 11 is 0. The molecule has 8 atom stereocenters. The number of carbonyl (C=O) groups excluding carboxylic acids is 2. The zero-order valence-electron chi connectivity index (χ0n) is 60.5. The number of carbonyl (C=O) groups is 2. The maximum absolute atomic E-state index is 13.4. The van der Waals surface area contributed by atoms with Gasteiger partial charge in [-0.2, -0.15) is 0 Å². The minimum atomic E-state index is -1.89. The number of rotatable bonds is 31. The number of hydrogen-bond donors (Lipinski definition) is 2. The topological polar surface area (TPSA) is 195 Å². The summed E-state index contributed by atoms with van der Waals surface area (Å²) < 4.78 is 75.9. The monoisotopic (exact) mass is 1340 g/mol. The highest BCUT2D eigenvalue weighted by Gasteiger charge is 2.45. The van der Waals surface area contributed by atoms with E-state index in [1.54, 1.807) is 25.3 Å². The van der Waals surface area contributed by atoms with Crippen LogP contribution in [0.4, 0.5) is 0 Å². The molecule has 516 valence electrons. The van der Waals surface area contributed by atoms with Crippen LogP contribution in [0.15, 0.2) is 48.6 Å². The second kappa shape index (κ2) is 35.1. The van der Waals surface area contributed by atoms with Gasteiger partial charge in [0.2, 0.25) is 0 Å². The van der Waals surface area contributed by atoms with E-state index in [-0.39, 0.29) is 35.5 Å². The molecule has 0 aromatic heterocycles. The zero-order chi connectivity index (χ0) is 69.1. The molecule has 5 unspecified atom stereocenters. The fourth-order valence-electron chi connectivity index (χ4n) is 8.96. The van der Waals surface area contributed by atoms with Gasteiger partial charge in [0.15, 0.2) is 41.8 Å². The highest BCUT2D eigenvalue weighted by molar-refractivity contribution is 6.76. The van der Waals surface area contributed by atoms with E-state index in [0.717, 1.165) is 17.7 Å². The lowest BCUT2D eigenvalue weighted by Crippen LogP contribution is -2.41. The van der Waals surface area contributed by atoms with Gasteiger partial charge in [0.05, 0.1) is 32.5 Å². The Hall–Kier alpha value is -3.97. The van der Waals surface area contributed by atoms with Gasteiger partial charge in [-0.3, -0.25) is 0 Å². The Morgan fingerprint density at radius 2 is 1.05 bits per heavy atom. The van der Waals surface area contributed by atoms with E-state index in [1.807, 2.05) is 84.1 Å². The molecule has 2 aliphatic rings. The van der Waals surface area contributed by atoms with Crippen molar-refractivity contribution in [3.8, 4) is 29.1 Å². The van der Waals surface area contributed by atoms with Crippen LogP contribution in [0.1, 0.15) is 133 Å². The molecule has 2 saturated heterocycles. The van der Waals surface area contributed by atoms with Gasteiger partial charge in [-0.05, 0) is 137 Å². The van der Waals surface area contributed by atoms with Gasteiger partial charge in [0, 0.05) is 55.6 Å². The predicted molar refractivity (Wildman–Crippen MR) is 375 cm³/mol. The third-order valence-corrected chi connectivity index (χ3v) is 28.8. The quantitative estimate of drug-likeness (QED) is 0.0238. The second-order valence-corrected chi connectivity index (χ2v) is 51.4. The van der Waals surface area contributed by atoms with Gasteiger partial charge in [-0.15, -0.1) is 0 Å². The Labute approximate surface area is 552 Å². The van der Waals surface area contributed by atoms with E-state index in [2.05, 4.69) is 126 Å². The zero-order valence-corrected chi connectivity index (χ0v) is 64.5. The molecule has 0 saturated carbocycles. The number of esters is 2. The van der Waals surface area contributed by atoms with Crippen LogP contribution in [-0.2, 0) is 46.7 Å². The standard InChI is InChI=1S/C35H60O9Si2.C35H58O8Si2/c1-25(23-42-46(12,13)34(2,3)4)17-18-28(36)32-29(43-35(5,6)44-32)16-14-15-26-21-27(39-8)22-30(41-24-38-7)31(26)33(37)40-19-20-45(9,10)11;1-25(23-41-45(12,13)34(3,4)5)17-18-28(36)32-29(42-35(6,7)43-32)16-14-15-27-21-26(2)22-30(40-24-38-8)31(27)33(37)39-19-20-44(9,10)11/h14-15,17-18,21-22,25,28-29,32,36H,16,19-20,23-24H2,1-13H3;14-15,21-22,25,28-29,32,36H,16,19-20,23-24H2,1-13H3/b15-14+,18-17-;15-14+/t25-,28?,29+,32?;25?,28?,29-,32?/m10/s1. The van der Waals surface area contributed by atoms with E-state index in [4.69, 9.17) is 61.0 Å². The van der Waals surface area contributed by atoms with Gasteiger partial charge in [-0.1, -0.05) is 142 Å². The van der Waals surface area contributed by atoms with Crippen LogP contribution in [0.25, 0.3) is 12.2 Å². The summed E-state index contributed by atoms with van der Waals surface area (Å²) in [5, 5.41) is 22.5. The van der Waals surface area contributed by atoms with Crippen molar-refractivity contribution in [3.63, 3.8) is 0 Å². The van der Waals surface area contributed by atoms with Crippen LogP contribution < -0.4 is 14.2 Å². The Bertz CT molecular complexity index is 2770. The third kappa shape index (κ3) is 27.7. The Morgan fingerprint density at radius 1 is 0.615 bits per heavy atom.